The third-order valence-electron chi connectivity index (χ3n) is 4.98. The SMILES string of the molecule is CCC1NC(SCC(=O)Nc2ccccc2F)C2C(=O)N(C)C(=O)N(C)C2N1. The van der Waals surface area contributed by atoms with Crippen molar-refractivity contribution < 1.29 is 18.8 Å². The quantitative estimate of drug-likeness (QED) is 0.677. The first kappa shape index (κ1) is 20.6. The minimum absolute atomic E-state index is 0.0420. The average molecular weight is 409 g/mol. The highest BCUT2D eigenvalue weighted by atomic mass is 32.2. The van der Waals surface area contributed by atoms with Crippen LogP contribution in [0.2, 0.25) is 0 Å². The highest BCUT2D eigenvalue weighted by Gasteiger charge is 2.50. The molecule has 8 nitrogen and oxygen atoms in total. The number of amides is 4. The zero-order chi connectivity index (χ0) is 20.4. The lowest BCUT2D eigenvalue weighted by molar-refractivity contribution is -0.140. The fourth-order valence-corrected chi connectivity index (χ4v) is 4.55. The summed E-state index contributed by atoms with van der Waals surface area (Å²) in [4.78, 5) is 39.9. The van der Waals surface area contributed by atoms with Crippen LogP contribution in [0, 0.1) is 11.7 Å². The molecule has 2 fully saturated rings. The smallest absolute Gasteiger partial charge is 0.323 e. The summed E-state index contributed by atoms with van der Waals surface area (Å²) < 4.78 is 13.7. The number of para-hydroxylation sites is 1. The van der Waals surface area contributed by atoms with Gasteiger partial charge in [-0.1, -0.05) is 19.1 Å². The third kappa shape index (κ3) is 3.98. The number of hydrogen-bond acceptors (Lipinski definition) is 6. The van der Waals surface area contributed by atoms with E-state index in [-0.39, 0.29) is 40.8 Å². The maximum atomic E-state index is 13.7. The molecule has 2 saturated heterocycles. The number of halogens is 1. The Morgan fingerprint density at radius 1 is 1.25 bits per heavy atom. The van der Waals surface area contributed by atoms with Gasteiger partial charge in [0.1, 0.15) is 5.82 Å². The van der Waals surface area contributed by atoms with Gasteiger partial charge in [-0.25, -0.2) is 9.18 Å². The molecule has 0 aromatic heterocycles. The van der Waals surface area contributed by atoms with Gasteiger partial charge in [0.25, 0.3) is 0 Å². The molecule has 0 radical (unpaired) electrons. The fraction of sp³-hybridized carbons (Fsp3) is 0.500. The van der Waals surface area contributed by atoms with Crippen molar-refractivity contribution in [2.24, 2.45) is 5.92 Å². The fourth-order valence-electron chi connectivity index (χ4n) is 3.42. The van der Waals surface area contributed by atoms with Crippen LogP contribution >= 0.6 is 11.8 Å². The maximum Gasteiger partial charge on any atom is 0.327 e. The van der Waals surface area contributed by atoms with Crippen molar-refractivity contribution in [2.45, 2.75) is 31.0 Å². The minimum Gasteiger partial charge on any atom is -0.323 e. The zero-order valence-electron chi connectivity index (χ0n) is 15.9. The Hall–Kier alpha value is -2.17. The van der Waals surface area contributed by atoms with Crippen LogP contribution in [-0.4, -0.2) is 65.2 Å². The predicted molar refractivity (Wildman–Crippen MR) is 105 cm³/mol. The molecular formula is C18H24FN5O3S. The Morgan fingerprint density at radius 2 is 1.96 bits per heavy atom. The molecule has 0 spiro atoms. The van der Waals surface area contributed by atoms with Crippen molar-refractivity contribution in [2.75, 3.05) is 25.2 Å². The van der Waals surface area contributed by atoms with E-state index in [0.717, 1.165) is 11.3 Å². The van der Waals surface area contributed by atoms with E-state index in [0.29, 0.717) is 0 Å². The lowest BCUT2D eigenvalue weighted by Crippen LogP contribution is -2.74. The monoisotopic (exact) mass is 409 g/mol. The molecule has 28 heavy (non-hydrogen) atoms. The van der Waals surface area contributed by atoms with Crippen LogP contribution in [0.1, 0.15) is 13.3 Å². The van der Waals surface area contributed by atoms with Crippen LogP contribution in [-0.2, 0) is 9.59 Å². The molecule has 0 aliphatic carbocycles. The summed E-state index contributed by atoms with van der Waals surface area (Å²) in [5.41, 5.74) is 0.120. The molecule has 3 N–H and O–H groups in total. The maximum absolute atomic E-state index is 13.7. The zero-order valence-corrected chi connectivity index (χ0v) is 16.8. The van der Waals surface area contributed by atoms with Crippen molar-refractivity contribution in [3.63, 3.8) is 0 Å². The Labute approximate surface area is 167 Å². The second kappa shape index (κ2) is 8.46. The topological polar surface area (TPSA) is 93.8 Å². The molecule has 4 atom stereocenters. The van der Waals surface area contributed by atoms with E-state index in [1.165, 1.54) is 35.8 Å². The van der Waals surface area contributed by atoms with Gasteiger partial charge in [0.15, 0.2) is 0 Å². The van der Waals surface area contributed by atoms with Gasteiger partial charge in [-0.3, -0.25) is 25.1 Å². The first-order chi connectivity index (χ1) is 13.3. The molecule has 2 aliphatic heterocycles. The number of fused-ring (bicyclic) bond motifs is 1. The molecule has 152 valence electrons. The summed E-state index contributed by atoms with van der Waals surface area (Å²) in [5.74, 6) is -1.66. The van der Waals surface area contributed by atoms with Crippen LogP contribution in [0.4, 0.5) is 14.9 Å². The number of thioether (sulfide) groups is 1. The van der Waals surface area contributed by atoms with E-state index in [9.17, 15) is 18.8 Å². The molecule has 1 aromatic rings. The van der Waals surface area contributed by atoms with Gasteiger partial charge in [0, 0.05) is 14.1 Å². The van der Waals surface area contributed by atoms with E-state index in [1.54, 1.807) is 19.2 Å². The number of nitrogens with one attached hydrogen (secondary N) is 3. The first-order valence-corrected chi connectivity index (χ1v) is 10.1. The average Bonchev–Trinajstić information content (AvgIpc) is 2.70. The van der Waals surface area contributed by atoms with Crippen molar-refractivity contribution in [3.05, 3.63) is 30.1 Å². The number of anilines is 1. The number of urea groups is 1. The molecule has 4 unspecified atom stereocenters. The Kier molecular flexibility index (Phi) is 6.21. The van der Waals surface area contributed by atoms with Crippen molar-refractivity contribution >= 4 is 35.3 Å². The molecule has 4 amide bonds. The van der Waals surface area contributed by atoms with Gasteiger partial charge in [-0.2, -0.15) is 0 Å². The number of rotatable bonds is 5. The van der Waals surface area contributed by atoms with E-state index in [1.807, 2.05) is 6.92 Å². The molecule has 0 saturated carbocycles. The summed E-state index contributed by atoms with van der Waals surface area (Å²) in [5, 5.41) is 8.79. The van der Waals surface area contributed by atoms with Crippen molar-refractivity contribution in [1.29, 1.82) is 0 Å². The number of nitrogens with zero attached hydrogens (tertiary/aromatic N) is 2. The number of carbonyl (C=O) groups is 3. The second-order valence-corrected chi connectivity index (χ2v) is 7.95. The standard InChI is InChI=1S/C18H24FN5O3S/c1-4-12-21-15-14(17(26)24(3)18(27)23(15)2)16(22-12)28-9-13(25)20-11-8-6-5-7-10(11)19/h5-8,12,14-16,21-22H,4,9H2,1-3H3,(H,20,25). The highest BCUT2D eigenvalue weighted by Crippen LogP contribution is 2.31. The molecule has 1 aromatic carbocycles. The Balaban J connectivity index is 1.70. The van der Waals surface area contributed by atoms with Crippen LogP contribution < -0.4 is 16.0 Å². The van der Waals surface area contributed by atoms with Crippen LogP contribution in [0.3, 0.4) is 0 Å². The van der Waals surface area contributed by atoms with E-state index < -0.39 is 17.9 Å². The van der Waals surface area contributed by atoms with Crippen LogP contribution in [0.15, 0.2) is 24.3 Å². The van der Waals surface area contributed by atoms with Crippen LogP contribution in [0.25, 0.3) is 0 Å². The first-order valence-electron chi connectivity index (χ1n) is 9.06. The summed E-state index contributed by atoms with van der Waals surface area (Å²) in [6, 6.07) is 5.59. The largest absolute Gasteiger partial charge is 0.327 e. The third-order valence-corrected chi connectivity index (χ3v) is 6.19. The van der Waals surface area contributed by atoms with Gasteiger partial charge in [-0.05, 0) is 18.6 Å². The van der Waals surface area contributed by atoms with Crippen molar-refractivity contribution in [1.82, 2.24) is 20.4 Å². The van der Waals surface area contributed by atoms with Gasteiger partial charge in [-0.15, -0.1) is 11.8 Å². The number of imide groups is 1. The number of carbonyl (C=O) groups excluding carboxylic acids is 3. The Morgan fingerprint density at radius 3 is 2.64 bits per heavy atom. The summed E-state index contributed by atoms with van der Waals surface area (Å²) in [6.07, 6.45) is 0.197. The molecule has 3 rings (SSSR count). The van der Waals surface area contributed by atoms with E-state index >= 15 is 0 Å². The number of hydrogen-bond donors (Lipinski definition) is 3. The minimum atomic E-state index is -0.540. The second-order valence-electron chi connectivity index (χ2n) is 6.82. The van der Waals surface area contributed by atoms with Gasteiger partial charge in [0.05, 0.1) is 35.1 Å². The summed E-state index contributed by atoms with van der Waals surface area (Å²) in [6.45, 7) is 1.98. The lowest BCUT2D eigenvalue weighted by Gasteiger charge is -2.50. The highest BCUT2D eigenvalue weighted by molar-refractivity contribution is 8.00. The number of benzene rings is 1. The van der Waals surface area contributed by atoms with Gasteiger partial charge >= 0.3 is 6.03 Å². The summed E-state index contributed by atoms with van der Waals surface area (Å²) in [7, 11) is 3.11. The van der Waals surface area contributed by atoms with Gasteiger partial charge in [0.2, 0.25) is 11.8 Å². The van der Waals surface area contributed by atoms with Gasteiger partial charge < -0.3 is 10.2 Å². The summed E-state index contributed by atoms with van der Waals surface area (Å²) >= 11 is 1.27. The Bertz CT molecular complexity index is 779. The normalized spacial score (nSPS) is 27.6. The lowest BCUT2D eigenvalue weighted by atomic mass is 9.97. The van der Waals surface area contributed by atoms with Crippen LogP contribution in [0.5, 0.6) is 0 Å². The molecule has 10 heteroatoms. The molecule has 2 heterocycles. The molecular weight excluding hydrogens is 385 g/mol. The molecule has 0 bridgehead atoms. The van der Waals surface area contributed by atoms with E-state index in [4.69, 9.17) is 0 Å². The predicted octanol–water partition coefficient (Wildman–Crippen LogP) is 1.22. The van der Waals surface area contributed by atoms with Crippen molar-refractivity contribution in [3.8, 4) is 0 Å². The molecule has 2 aliphatic rings. The van der Waals surface area contributed by atoms with E-state index in [2.05, 4.69) is 16.0 Å².